The van der Waals surface area contributed by atoms with E-state index in [9.17, 15) is 4.39 Å². The number of halogens is 1. The van der Waals surface area contributed by atoms with Crippen LogP contribution in [0.1, 0.15) is 25.0 Å². The van der Waals surface area contributed by atoms with E-state index in [2.05, 4.69) is 11.9 Å². The van der Waals surface area contributed by atoms with Crippen molar-refractivity contribution in [3.05, 3.63) is 77.6 Å². The molecule has 0 atom stereocenters. The Morgan fingerprint density at radius 2 is 1.83 bits per heavy atom. The maximum Gasteiger partial charge on any atom is 0.130 e. The molecule has 3 rings (SSSR count). The second kappa shape index (κ2) is 5.58. The van der Waals surface area contributed by atoms with Gasteiger partial charge in [0.1, 0.15) is 17.2 Å². The fourth-order valence-electron chi connectivity index (χ4n) is 3.02. The molecule has 3 heteroatoms. The molecule has 0 aromatic heterocycles. The van der Waals surface area contributed by atoms with Gasteiger partial charge < -0.3 is 10.1 Å². The van der Waals surface area contributed by atoms with E-state index in [0.717, 1.165) is 33.7 Å². The highest BCUT2D eigenvalue weighted by molar-refractivity contribution is 5.89. The highest BCUT2D eigenvalue weighted by atomic mass is 19.1. The molecule has 0 saturated heterocycles. The van der Waals surface area contributed by atoms with Crippen LogP contribution in [0.2, 0.25) is 0 Å². The van der Waals surface area contributed by atoms with E-state index >= 15 is 0 Å². The molecule has 1 aliphatic heterocycles. The van der Waals surface area contributed by atoms with E-state index in [1.165, 1.54) is 12.1 Å². The van der Waals surface area contributed by atoms with Gasteiger partial charge in [-0.3, -0.25) is 0 Å². The van der Waals surface area contributed by atoms with Gasteiger partial charge in [0.15, 0.2) is 0 Å². The van der Waals surface area contributed by atoms with Crippen molar-refractivity contribution in [1.29, 1.82) is 0 Å². The van der Waals surface area contributed by atoms with Gasteiger partial charge in [-0.15, -0.1) is 0 Å². The molecule has 0 spiro atoms. The maximum absolute atomic E-state index is 13.3. The minimum atomic E-state index is -0.509. The quantitative estimate of drug-likeness (QED) is 0.859. The monoisotopic (exact) mass is 309 g/mol. The first kappa shape index (κ1) is 15.3. The van der Waals surface area contributed by atoms with E-state index in [4.69, 9.17) is 4.74 Å². The highest BCUT2D eigenvalue weighted by Crippen LogP contribution is 2.45. The van der Waals surface area contributed by atoms with Crippen LogP contribution in [0.25, 0.3) is 5.57 Å². The first-order chi connectivity index (χ1) is 11.0. The van der Waals surface area contributed by atoms with E-state index in [0.29, 0.717) is 0 Å². The molecule has 1 aliphatic rings. The van der Waals surface area contributed by atoms with Gasteiger partial charge in [-0.2, -0.15) is 0 Å². The molecule has 1 heterocycles. The van der Waals surface area contributed by atoms with Gasteiger partial charge in [0.2, 0.25) is 0 Å². The van der Waals surface area contributed by atoms with Gasteiger partial charge in [0.05, 0.1) is 0 Å². The zero-order valence-electron chi connectivity index (χ0n) is 13.6. The molecule has 0 amide bonds. The van der Waals surface area contributed by atoms with Crippen molar-refractivity contribution in [2.75, 3.05) is 12.4 Å². The lowest BCUT2D eigenvalue weighted by molar-refractivity contribution is 0.149. The van der Waals surface area contributed by atoms with E-state index < -0.39 is 5.60 Å². The Bertz CT molecular complexity index is 788. The lowest BCUT2D eigenvalue weighted by atomic mass is 9.82. The second-order valence-electron chi connectivity index (χ2n) is 6.07. The van der Waals surface area contributed by atoms with Crippen LogP contribution >= 0.6 is 0 Å². The number of hydrogen-bond donors (Lipinski definition) is 1. The SMILES string of the molecule is C=CC1=C(c2ccc(F)cc2)c2ccc(NC)cc2OC1(C)C. The summed E-state index contributed by atoms with van der Waals surface area (Å²) < 4.78 is 19.5. The maximum atomic E-state index is 13.3. The Hall–Kier alpha value is -2.55. The number of benzene rings is 2. The normalized spacial score (nSPS) is 15.7. The summed E-state index contributed by atoms with van der Waals surface area (Å²) in [4.78, 5) is 0. The summed E-state index contributed by atoms with van der Waals surface area (Å²) in [6, 6.07) is 12.6. The molecule has 1 N–H and O–H groups in total. The lowest BCUT2D eigenvalue weighted by Gasteiger charge is -2.36. The molecule has 0 unspecified atom stereocenters. The zero-order valence-corrected chi connectivity index (χ0v) is 13.6. The number of hydrogen-bond acceptors (Lipinski definition) is 2. The topological polar surface area (TPSA) is 21.3 Å². The van der Waals surface area contributed by atoms with Crippen molar-refractivity contribution in [3.63, 3.8) is 0 Å². The molecule has 2 nitrogen and oxygen atoms in total. The van der Waals surface area contributed by atoms with Crippen molar-refractivity contribution < 1.29 is 9.13 Å². The number of rotatable bonds is 3. The molecule has 118 valence electrons. The predicted molar refractivity (Wildman–Crippen MR) is 93.3 cm³/mol. The van der Waals surface area contributed by atoms with Crippen LogP contribution in [-0.2, 0) is 0 Å². The van der Waals surface area contributed by atoms with E-state index in [1.807, 2.05) is 45.2 Å². The molecule has 0 aliphatic carbocycles. The zero-order chi connectivity index (χ0) is 16.6. The average Bonchev–Trinajstić information content (AvgIpc) is 2.53. The molecule has 0 fully saturated rings. The third-order valence-electron chi connectivity index (χ3n) is 4.16. The average molecular weight is 309 g/mol. The lowest BCUT2D eigenvalue weighted by Crippen LogP contribution is -2.34. The Kier molecular flexibility index (Phi) is 3.72. The van der Waals surface area contributed by atoms with Gasteiger partial charge in [-0.1, -0.05) is 24.8 Å². The summed E-state index contributed by atoms with van der Waals surface area (Å²) in [7, 11) is 1.88. The Morgan fingerprint density at radius 3 is 2.43 bits per heavy atom. The predicted octanol–water partition coefficient (Wildman–Crippen LogP) is 5.03. The largest absolute Gasteiger partial charge is 0.482 e. The minimum Gasteiger partial charge on any atom is -0.482 e. The molecule has 0 bridgehead atoms. The molecule has 2 aromatic carbocycles. The van der Waals surface area contributed by atoms with Crippen molar-refractivity contribution in [3.8, 4) is 5.75 Å². The second-order valence-corrected chi connectivity index (χ2v) is 6.07. The Labute approximate surface area is 136 Å². The van der Waals surface area contributed by atoms with Crippen LogP contribution in [0, 0.1) is 5.82 Å². The van der Waals surface area contributed by atoms with E-state index in [-0.39, 0.29) is 5.82 Å². The number of fused-ring (bicyclic) bond motifs is 1. The van der Waals surface area contributed by atoms with Crippen LogP contribution < -0.4 is 10.1 Å². The summed E-state index contributed by atoms with van der Waals surface area (Å²) in [5, 5.41) is 3.13. The smallest absolute Gasteiger partial charge is 0.130 e. The number of ether oxygens (including phenoxy) is 1. The van der Waals surface area contributed by atoms with Gasteiger partial charge in [-0.05, 0) is 49.2 Å². The van der Waals surface area contributed by atoms with Gasteiger partial charge in [0, 0.05) is 29.9 Å². The first-order valence-electron chi connectivity index (χ1n) is 7.60. The summed E-state index contributed by atoms with van der Waals surface area (Å²) in [6.07, 6.45) is 1.83. The van der Waals surface area contributed by atoms with Crippen LogP contribution in [-0.4, -0.2) is 12.6 Å². The minimum absolute atomic E-state index is 0.244. The summed E-state index contributed by atoms with van der Waals surface area (Å²) in [5.74, 6) is 0.568. The molecule has 0 radical (unpaired) electrons. The van der Waals surface area contributed by atoms with Gasteiger partial charge >= 0.3 is 0 Å². The van der Waals surface area contributed by atoms with Gasteiger partial charge in [0.25, 0.3) is 0 Å². The molecule has 23 heavy (non-hydrogen) atoms. The number of nitrogens with one attached hydrogen (secondary N) is 1. The molecular formula is C20H20FNO. The fraction of sp³-hybridized carbons (Fsp3) is 0.200. The van der Waals surface area contributed by atoms with Crippen LogP contribution in [0.3, 0.4) is 0 Å². The fourth-order valence-corrected chi connectivity index (χ4v) is 3.02. The molecular weight excluding hydrogens is 289 g/mol. The Balaban J connectivity index is 2.29. The van der Waals surface area contributed by atoms with Crippen molar-refractivity contribution in [2.24, 2.45) is 0 Å². The van der Waals surface area contributed by atoms with E-state index in [1.54, 1.807) is 12.1 Å². The summed E-state index contributed by atoms with van der Waals surface area (Å²) >= 11 is 0. The third kappa shape index (κ3) is 2.63. The van der Waals surface area contributed by atoms with Crippen LogP contribution in [0.5, 0.6) is 5.75 Å². The van der Waals surface area contributed by atoms with Crippen molar-refractivity contribution in [1.82, 2.24) is 0 Å². The standard InChI is InChI=1S/C20H20FNO/c1-5-17-19(13-6-8-14(21)9-7-13)16-11-10-15(22-4)12-18(16)23-20(17,2)3/h5-12,22H,1H2,2-4H3. The summed E-state index contributed by atoms with van der Waals surface area (Å²) in [5.41, 5.74) is 4.45. The third-order valence-corrected chi connectivity index (χ3v) is 4.16. The van der Waals surface area contributed by atoms with Crippen LogP contribution in [0.15, 0.2) is 60.7 Å². The van der Waals surface area contributed by atoms with Crippen LogP contribution in [0.4, 0.5) is 10.1 Å². The number of anilines is 1. The van der Waals surface area contributed by atoms with Gasteiger partial charge in [-0.25, -0.2) is 4.39 Å². The molecule has 0 saturated carbocycles. The highest BCUT2D eigenvalue weighted by Gasteiger charge is 2.34. The summed E-state index contributed by atoms with van der Waals surface area (Å²) in [6.45, 7) is 7.99. The van der Waals surface area contributed by atoms with Crippen molar-refractivity contribution in [2.45, 2.75) is 19.4 Å². The first-order valence-corrected chi connectivity index (χ1v) is 7.60. The van der Waals surface area contributed by atoms with Crippen molar-refractivity contribution >= 4 is 11.3 Å². The Morgan fingerprint density at radius 1 is 1.13 bits per heavy atom. The molecule has 2 aromatic rings.